The Morgan fingerprint density at radius 3 is 2.65 bits per heavy atom. The first-order valence-corrected chi connectivity index (χ1v) is 5.87. The van der Waals surface area contributed by atoms with Gasteiger partial charge in [-0.3, -0.25) is 4.98 Å². The second-order valence-corrected chi connectivity index (χ2v) is 4.55. The van der Waals surface area contributed by atoms with Crippen molar-refractivity contribution >= 4 is 29.3 Å². The van der Waals surface area contributed by atoms with E-state index < -0.39 is 0 Å². The molecule has 0 spiro atoms. The molecule has 0 N–H and O–H groups in total. The van der Waals surface area contributed by atoms with E-state index in [2.05, 4.69) is 24.9 Å². The number of aromatic nitrogens is 5. The van der Waals surface area contributed by atoms with E-state index in [4.69, 9.17) is 11.6 Å². The minimum atomic E-state index is 0.162. The molecule has 0 unspecified atom stereocenters. The molecular formula is C9H9ClN6S. The zero-order chi connectivity index (χ0) is 12.3. The SMILES string of the molecule is CN(C)c1nc(Cl)nc(Sc2cnccn2)n1. The predicted octanol–water partition coefficient (Wildman–Crippen LogP) is 1.53. The maximum absolute atomic E-state index is 5.82. The highest BCUT2D eigenvalue weighted by atomic mass is 35.5. The Morgan fingerprint density at radius 2 is 2.00 bits per heavy atom. The lowest BCUT2D eigenvalue weighted by Gasteiger charge is -2.10. The van der Waals surface area contributed by atoms with Crippen molar-refractivity contribution in [2.24, 2.45) is 0 Å². The van der Waals surface area contributed by atoms with Crippen LogP contribution in [0, 0.1) is 0 Å². The fourth-order valence-electron chi connectivity index (χ4n) is 0.999. The highest BCUT2D eigenvalue weighted by Gasteiger charge is 2.08. The van der Waals surface area contributed by atoms with Gasteiger partial charge in [-0.2, -0.15) is 15.0 Å². The van der Waals surface area contributed by atoms with Crippen molar-refractivity contribution < 1.29 is 0 Å². The zero-order valence-electron chi connectivity index (χ0n) is 9.20. The van der Waals surface area contributed by atoms with Gasteiger partial charge in [-0.15, -0.1) is 0 Å². The normalized spacial score (nSPS) is 10.3. The summed E-state index contributed by atoms with van der Waals surface area (Å²) in [6.45, 7) is 0. The first-order valence-electron chi connectivity index (χ1n) is 4.68. The lowest BCUT2D eigenvalue weighted by atomic mass is 10.8. The summed E-state index contributed by atoms with van der Waals surface area (Å²) in [7, 11) is 3.67. The molecule has 0 aliphatic carbocycles. The topological polar surface area (TPSA) is 67.7 Å². The van der Waals surface area contributed by atoms with Gasteiger partial charge in [0.1, 0.15) is 5.03 Å². The fourth-order valence-corrected chi connectivity index (χ4v) is 1.88. The fraction of sp³-hybridized carbons (Fsp3) is 0.222. The Kier molecular flexibility index (Phi) is 3.70. The lowest BCUT2D eigenvalue weighted by Crippen LogP contribution is -2.13. The van der Waals surface area contributed by atoms with E-state index in [9.17, 15) is 0 Å². The van der Waals surface area contributed by atoms with Crippen molar-refractivity contribution in [3.05, 3.63) is 23.9 Å². The molecule has 2 rings (SSSR count). The number of hydrogen-bond acceptors (Lipinski definition) is 7. The Balaban J connectivity index is 2.27. The van der Waals surface area contributed by atoms with E-state index in [-0.39, 0.29) is 5.28 Å². The Bertz CT molecular complexity index is 506. The molecule has 2 heterocycles. The van der Waals surface area contributed by atoms with E-state index >= 15 is 0 Å². The Hall–Kier alpha value is -1.47. The van der Waals surface area contributed by atoms with E-state index in [0.29, 0.717) is 16.1 Å². The van der Waals surface area contributed by atoms with E-state index in [1.165, 1.54) is 11.8 Å². The van der Waals surface area contributed by atoms with Gasteiger partial charge in [0.2, 0.25) is 11.2 Å². The van der Waals surface area contributed by atoms with Crippen molar-refractivity contribution in [3.8, 4) is 0 Å². The van der Waals surface area contributed by atoms with Gasteiger partial charge in [0.25, 0.3) is 0 Å². The summed E-state index contributed by atoms with van der Waals surface area (Å²) < 4.78 is 0. The molecule has 0 bridgehead atoms. The molecule has 0 atom stereocenters. The molecule has 8 heteroatoms. The van der Waals surface area contributed by atoms with Crippen molar-refractivity contribution in [1.29, 1.82) is 0 Å². The average molecular weight is 269 g/mol. The van der Waals surface area contributed by atoms with E-state index in [0.717, 1.165) is 0 Å². The molecule has 0 amide bonds. The number of nitrogens with zero attached hydrogens (tertiary/aromatic N) is 6. The lowest BCUT2D eigenvalue weighted by molar-refractivity contribution is 0.863. The summed E-state index contributed by atoms with van der Waals surface area (Å²) in [5, 5.41) is 1.36. The maximum atomic E-state index is 5.82. The van der Waals surface area contributed by atoms with Gasteiger partial charge in [-0.25, -0.2) is 4.98 Å². The smallest absolute Gasteiger partial charge is 0.230 e. The first kappa shape index (κ1) is 12.0. The van der Waals surface area contributed by atoms with Crippen LogP contribution in [0.3, 0.4) is 0 Å². The van der Waals surface area contributed by atoms with Crippen LogP contribution >= 0.6 is 23.4 Å². The van der Waals surface area contributed by atoms with Crippen LogP contribution < -0.4 is 4.90 Å². The summed E-state index contributed by atoms with van der Waals surface area (Å²) in [4.78, 5) is 22.1. The molecule has 6 nitrogen and oxygen atoms in total. The monoisotopic (exact) mass is 268 g/mol. The standard InChI is InChI=1S/C9H9ClN6S/c1-16(2)8-13-7(10)14-9(15-8)17-6-5-11-3-4-12-6/h3-5H,1-2H3. The third kappa shape index (κ3) is 3.24. The van der Waals surface area contributed by atoms with Crippen LogP contribution in [-0.4, -0.2) is 39.0 Å². The van der Waals surface area contributed by atoms with Crippen LogP contribution in [0.25, 0.3) is 0 Å². The van der Waals surface area contributed by atoms with Crippen LogP contribution in [0.1, 0.15) is 0 Å². The van der Waals surface area contributed by atoms with Gasteiger partial charge in [0, 0.05) is 26.5 Å². The molecule has 0 radical (unpaired) electrons. The van der Waals surface area contributed by atoms with Gasteiger partial charge >= 0.3 is 0 Å². The quantitative estimate of drug-likeness (QED) is 0.836. The molecule has 0 saturated carbocycles. The summed E-state index contributed by atoms with van der Waals surface area (Å²) >= 11 is 7.11. The highest BCUT2D eigenvalue weighted by molar-refractivity contribution is 7.99. The Labute approximate surface area is 108 Å². The molecule has 2 aromatic rings. The molecule has 0 saturated heterocycles. The van der Waals surface area contributed by atoms with Gasteiger partial charge in [0.15, 0.2) is 5.16 Å². The second-order valence-electron chi connectivity index (χ2n) is 3.23. The average Bonchev–Trinajstić information content (AvgIpc) is 2.29. The maximum Gasteiger partial charge on any atom is 0.230 e. The highest BCUT2D eigenvalue weighted by Crippen LogP contribution is 2.23. The number of rotatable bonds is 3. The number of hydrogen-bond donors (Lipinski definition) is 0. The van der Waals surface area contributed by atoms with Crippen LogP contribution in [-0.2, 0) is 0 Å². The summed E-state index contributed by atoms with van der Waals surface area (Å²) in [6, 6.07) is 0. The molecule has 0 aliphatic heterocycles. The molecule has 17 heavy (non-hydrogen) atoms. The molecule has 0 aromatic carbocycles. The summed E-state index contributed by atoms with van der Waals surface area (Å²) in [6.07, 6.45) is 4.85. The van der Waals surface area contributed by atoms with Gasteiger partial charge in [0.05, 0.1) is 6.20 Å². The second kappa shape index (κ2) is 5.24. The van der Waals surface area contributed by atoms with Crippen molar-refractivity contribution in [2.75, 3.05) is 19.0 Å². The first-order chi connectivity index (χ1) is 8.15. The van der Waals surface area contributed by atoms with Crippen molar-refractivity contribution in [3.63, 3.8) is 0 Å². The Morgan fingerprint density at radius 1 is 1.18 bits per heavy atom. The predicted molar refractivity (Wildman–Crippen MR) is 65.3 cm³/mol. The van der Waals surface area contributed by atoms with Crippen LogP contribution in [0.15, 0.2) is 28.8 Å². The van der Waals surface area contributed by atoms with Crippen LogP contribution in [0.4, 0.5) is 5.95 Å². The molecule has 2 aromatic heterocycles. The zero-order valence-corrected chi connectivity index (χ0v) is 10.8. The minimum Gasteiger partial charge on any atom is -0.347 e. The largest absolute Gasteiger partial charge is 0.347 e. The van der Waals surface area contributed by atoms with Gasteiger partial charge in [-0.05, 0) is 23.4 Å². The summed E-state index contributed by atoms with van der Waals surface area (Å²) in [5.74, 6) is 0.511. The molecule has 0 aliphatic rings. The molecule has 88 valence electrons. The van der Waals surface area contributed by atoms with Crippen LogP contribution in [0.5, 0.6) is 0 Å². The van der Waals surface area contributed by atoms with Crippen LogP contribution in [0.2, 0.25) is 5.28 Å². The molecule has 0 fully saturated rings. The van der Waals surface area contributed by atoms with Crippen molar-refractivity contribution in [1.82, 2.24) is 24.9 Å². The van der Waals surface area contributed by atoms with Gasteiger partial charge < -0.3 is 4.90 Å². The third-order valence-corrected chi connectivity index (χ3v) is 2.67. The third-order valence-electron chi connectivity index (χ3n) is 1.71. The van der Waals surface area contributed by atoms with E-state index in [1.54, 1.807) is 23.5 Å². The summed E-state index contributed by atoms with van der Waals surface area (Å²) in [5.41, 5.74) is 0. The molecular weight excluding hydrogens is 260 g/mol. The minimum absolute atomic E-state index is 0.162. The van der Waals surface area contributed by atoms with E-state index in [1.807, 2.05) is 14.1 Å². The number of anilines is 1. The van der Waals surface area contributed by atoms with Gasteiger partial charge in [-0.1, -0.05) is 0 Å². The van der Waals surface area contributed by atoms with Crippen molar-refractivity contribution in [2.45, 2.75) is 10.2 Å². The number of halogens is 1.